The molecule has 3 heteroatoms. The maximum absolute atomic E-state index is 12.7. The van der Waals surface area contributed by atoms with Crippen LogP contribution < -0.4 is 0 Å². The van der Waals surface area contributed by atoms with Gasteiger partial charge in [0.1, 0.15) is 5.76 Å². The number of hydrogen-bond donors (Lipinski definition) is 1. The van der Waals surface area contributed by atoms with Gasteiger partial charge in [-0.3, -0.25) is 4.79 Å². The van der Waals surface area contributed by atoms with E-state index >= 15 is 0 Å². The van der Waals surface area contributed by atoms with Gasteiger partial charge >= 0.3 is 0 Å². The van der Waals surface area contributed by atoms with Crippen molar-refractivity contribution < 1.29 is 9.90 Å². The van der Waals surface area contributed by atoms with E-state index in [1.807, 2.05) is 44.2 Å². The highest BCUT2D eigenvalue weighted by Gasteiger charge is 2.40. The average Bonchev–Trinajstić information content (AvgIpc) is 2.67. The van der Waals surface area contributed by atoms with Gasteiger partial charge in [-0.25, -0.2) is 0 Å². The normalized spacial score (nSPS) is 22.9. The maximum Gasteiger partial charge on any atom is 0.163 e. The summed E-state index contributed by atoms with van der Waals surface area (Å²) in [6.07, 6.45) is 4.27. The standard InChI is InChI=1S/C26H31ClO2/c1-16-15-23(17(2)14-22(16)20-9-11-21(27)12-10-20)24(19(4)28)25(29)26(5)13-7-6-8-18(26)3/h9-12,14-15,18,29H,6-8,13H2,1-5H3/b25-24-. The number of hydrogen-bond acceptors (Lipinski definition) is 2. The van der Waals surface area contributed by atoms with E-state index in [0.29, 0.717) is 16.5 Å². The lowest BCUT2D eigenvalue weighted by Crippen LogP contribution is -2.32. The topological polar surface area (TPSA) is 37.3 Å². The predicted molar refractivity (Wildman–Crippen MR) is 122 cm³/mol. The summed E-state index contributed by atoms with van der Waals surface area (Å²) in [5, 5.41) is 12.1. The quantitative estimate of drug-likeness (QED) is 0.414. The Bertz CT molecular complexity index is 955. The molecule has 2 unspecified atom stereocenters. The van der Waals surface area contributed by atoms with E-state index in [1.54, 1.807) is 6.92 Å². The van der Waals surface area contributed by atoms with Gasteiger partial charge in [0.15, 0.2) is 5.78 Å². The van der Waals surface area contributed by atoms with Crippen molar-refractivity contribution in [3.63, 3.8) is 0 Å². The Labute approximate surface area is 179 Å². The molecule has 29 heavy (non-hydrogen) atoms. The lowest BCUT2D eigenvalue weighted by atomic mass is 9.65. The summed E-state index contributed by atoms with van der Waals surface area (Å²) in [4.78, 5) is 12.7. The molecule has 0 heterocycles. The molecule has 2 aromatic rings. The van der Waals surface area contributed by atoms with Gasteiger partial charge in [0, 0.05) is 10.4 Å². The van der Waals surface area contributed by atoms with Gasteiger partial charge < -0.3 is 5.11 Å². The summed E-state index contributed by atoms with van der Waals surface area (Å²) in [7, 11) is 0. The summed E-state index contributed by atoms with van der Waals surface area (Å²) >= 11 is 6.03. The minimum Gasteiger partial charge on any atom is -0.511 e. The minimum atomic E-state index is -0.353. The second kappa shape index (κ2) is 8.36. The van der Waals surface area contributed by atoms with Crippen molar-refractivity contribution in [3.8, 4) is 11.1 Å². The lowest BCUT2D eigenvalue weighted by Gasteiger charge is -2.40. The zero-order chi connectivity index (χ0) is 21.3. The molecule has 0 aliphatic heterocycles. The fraction of sp³-hybridized carbons (Fsp3) is 0.423. The third kappa shape index (κ3) is 4.14. The second-order valence-corrected chi connectivity index (χ2v) is 9.27. The fourth-order valence-electron chi connectivity index (χ4n) is 4.65. The SMILES string of the molecule is CC(=O)/C(=C(/O)C1(C)CCCCC1C)c1cc(C)c(-c2ccc(Cl)cc2)cc1C. The van der Waals surface area contributed by atoms with Crippen LogP contribution in [-0.2, 0) is 4.79 Å². The molecule has 1 aliphatic carbocycles. The molecule has 2 nitrogen and oxygen atoms in total. The molecule has 0 bridgehead atoms. The molecular formula is C26H31ClO2. The number of allylic oxidation sites excluding steroid dienone is 2. The number of carbonyl (C=O) groups is 1. The van der Waals surface area contributed by atoms with Crippen molar-refractivity contribution in [3.05, 3.63) is 63.9 Å². The molecule has 0 spiro atoms. The summed E-state index contributed by atoms with van der Waals surface area (Å²) in [6.45, 7) is 9.92. The van der Waals surface area contributed by atoms with Crippen molar-refractivity contribution in [2.75, 3.05) is 0 Å². The van der Waals surface area contributed by atoms with Crippen molar-refractivity contribution in [1.29, 1.82) is 0 Å². The Morgan fingerprint density at radius 1 is 1.10 bits per heavy atom. The number of halogens is 1. The van der Waals surface area contributed by atoms with E-state index in [9.17, 15) is 9.90 Å². The summed E-state index contributed by atoms with van der Waals surface area (Å²) in [5.74, 6) is 0.530. The number of Topliss-reactive ketones (excluding diaryl/α,β-unsaturated/α-hetero) is 1. The van der Waals surface area contributed by atoms with E-state index < -0.39 is 0 Å². The molecule has 2 aromatic carbocycles. The van der Waals surface area contributed by atoms with Crippen LogP contribution in [0.2, 0.25) is 5.02 Å². The first-order valence-corrected chi connectivity index (χ1v) is 10.8. The first-order valence-electron chi connectivity index (χ1n) is 10.5. The molecule has 154 valence electrons. The van der Waals surface area contributed by atoms with Crippen LogP contribution in [0.25, 0.3) is 16.7 Å². The number of aliphatic hydroxyl groups excluding tert-OH is 1. The van der Waals surface area contributed by atoms with E-state index in [4.69, 9.17) is 11.6 Å². The Morgan fingerprint density at radius 2 is 1.76 bits per heavy atom. The van der Waals surface area contributed by atoms with Crippen molar-refractivity contribution in [2.45, 2.75) is 60.3 Å². The monoisotopic (exact) mass is 410 g/mol. The Kier molecular flexibility index (Phi) is 6.24. The molecular weight excluding hydrogens is 380 g/mol. The number of rotatable bonds is 4. The van der Waals surface area contributed by atoms with Gasteiger partial charge in [-0.05, 0) is 79.5 Å². The molecule has 1 N–H and O–H groups in total. The molecule has 0 amide bonds. The van der Waals surface area contributed by atoms with Crippen LogP contribution in [0.1, 0.15) is 63.1 Å². The van der Waals surface area contributed by atoms with Crippen LogP contribution in [0.5, 0.6) is 0 Å². The molecule has 1 saturated carbocycles. The third-order valence-corrected chi connectivity index (χ3v) is 7.05. The zero-order valence-corrected chi connectivity index (χ0v) is 18.9. The summed E-state index contributed by atoms with van der Waals surface area (Å²) in [6, 6.07) is 11.9. The van der Waals surface area contributed by atoms with Crippen molar-refractivity contribution >= 4 is 23.0 Å². The maximum atomic E-state index is 12.7. The number of aryl methyl sites for hydroxylation is 2. The molecule has 3 rings (SSSR count). The third-order valence-electron chi connectivity index (χ3n) is 6.80. The van der Waals surface area contributed by atoms with Crippen LogP contribution in [0, 0.1) is 25.2 Å². The van der Waals surface area contributed by atoms with E-state index in [1.165, 1.54) is 6.42 Å². The van der Waals surface area contributed by atoms with Crippen LogP contribution in [0.3, 0.4) is 0 Å². The highest BCUT2D eigenvalue weighted by Crippen LogP contribution is 2.48. The van der Waals surface area contributed by atoms with Gasteiger partial charge in [-0.2, -0.15) is 0 Å². The lowest BCUT2D eigenvalue weighted by molar-refractivity contribution is -0.112. The van der Waals surface area contributed by atoms with E-state index in [-0.39, 0.29) is 17.0 Å². The zero-order valence-electron chi connectivity index (χ0n) is 18.1. The first-order chi connectivity index (χ1) is 13.6. The van der Waals surface area contributed by atoms with E-state index in [2.05, 4.69) is 19.9 Å². The fourth-order valence-corrected chi connectivity index (χ4v) is 4.78. The van der Waals surface area contributed by atoms with E-state index in [0.717, 1.165) is 47.1 Å². The van der Waals surface area contributed by atoms with Gasteiger partial charge in [0.25, 0.3) is 0 Å². The minimum absolute atomic E-state index is 0.0803. The second-order valence-electron chi connectivity index (χ2n) is 8.83. The van der Waals surface area contributed by atoms with Crippen molar-refractivity contribution in [1.82, 2.24) is 0 Å². The number of benzene rings is 2. The highest BCUT2D eigenvalue weighted by molar-refractivity contribution is 6.30. The Morgan fingerprint density at radius 3 is 2.34 bits per heavy atom. The van der Waals surface area contributed by atoms with Crippen LogP contribution in [0.4, 0.5) is 0 Å². The Hall–Kier alpha value is -2.06. The molecule has 0 aromatic heterocycles. The van der Waals surface area contributed by atoms with Gasteiger partial charge in [-0.1, -0.05) is 62.6 Å². The smallest absolute Gasteiger partial charge is 0.163 e. The number of carbonyl (C=O) groups excluding carboxylic acids is 1. The average molecular weight is 411 g/mol. The van der Waals surface area contributed by atoms with Gasteiger partial charge in [0.05, 0.1) is 5.57 Å². The molecule has 1 aliphatic rings. The predicted octanol–water partition coefficient (Wildman–Crippen LogP) is 7.70. The molecule has 1 fully saturated rings. The van der Waals surface area contributed by atoms with Gasteiger partial charge in [-0.15, -0.1) is 0 Å². The highest BCUT2D eigenvalue weighted by atomic mass is 35.5. The molecule has 0 radical (unpaired) electrons. The van der Waals surface area contributed by atoms with Crippen molar-refractivity contribution in [2.24, 2.45) is 11.3 Å². The first kappa shape index (κ1) is 21.6. The Balaban J connectivity index is 2.15. The molecule has 0 saturated heterocycles. The summed E-state index contributed by atoms with van der Waals surface area (Å²) in [5.41, 5.74) is 5.22. The summed E-state index contributed by atoms with van der Waals surface area (Å²) < 4.78 is 0. The number of aliphatic hydroxyl groups is 1. The molecule has 2 atom stereocenters. The van der Waals surface area contributed by atoms with Crippen LogP contribution in [0.15, 0.2) is 42.2 Å². The van der Waals surface area contributed by atoms with Crippen LogP contribution >= 0.6 is 11.6 Å². The van der Waals surface area contributed by atoms with Gasteiger partial charge in [0.2, 0.25) is 0 Å². The van der Waals surface area contributed by atoms with Crippen LogP contribution in [-0.4, -0.2) is 10.9 Å². The number of ketones is 1. The largest absolute Gasteiger partial charge is 0.511 e.